The number of aromatic amines is 1. The lowest BCUT2D eigenvalue weighted by molar-refractivity contribution is 0.112. The van der Waals surface area contributed by atoms with Gasteiger partial charge < -0.3 is 19.9 Å². The SMILES string of the molecule is N[C@@H]1CCN2c3c(F)cc4c(=O)c5c(=O)[nH]sc5n(C5CC5)c4c3COC[C@H]12. The molecule has 2 aromatic heterocycles. The molecule has 0 radical (unpaired) electrons. The number of hydrogen-bond donors (Lipinski definition) is 2. The Morgan fingerprint density at radius 1 is 1.29 bits per heavy atom. The van der Waals surface area contributed by atoms with Crippen LogP contribution in [0, 0.1) is 5.82 Å². The van der Waals surface area contributed by atoms with Crippen LogP contribution in [-0.4, -0.2) is 34.2 Å². The van der Waals surface area contributed by atoms with Crippen molar-refractivity contribution in [3.8, 4) is 0 Å². The minimum atomic E-state index is -0.447. The monoisotopic (exact) mass is 402 g/mol. The maximum atomic E-state index is 15.3. The number of H-pyrrole nitrogens is 1. The third-order valence-corrected chi connectivity index (χ3v) is 7.15. The summed E-state index contributed by atoms with van der Waals surface area (Å²) in [4.78, 5) is 28.0. The average Bonchev–Trinajstić information content (AvgIpc) is 3.39. The summed E-state index contributed by atoms with van der Waals surface area (Å²) >= 11 is 1.18. The summed E-state index contributed by atoms with van der Waals surface area (Å²) in [6.45, 7) is 1.32. The molecule has 7 nitrogen and oxygen atoms in total. The van der Waals surface area contributed by atoms with Gasteiger partial charge in [-0.3, -0.25) is 14.0 Å². The second-order valence-electron chi connectivity index (χ2n) is 7.95. The van der Waals surface area contributed by atoms with Gasteiger partial charge in [0.25, 0.3) is 5.56 Å². The van der Waals surface area contributed by atoms with Crippen LogP contribution in [0.5, 0.6) is 0 Å². The molecule has 2 fully saturated rings. The lowest BCUT2D eigenvalue weighted by Crippen LogP contribution is -2.42. The van der Waals surface area contributed by atoms with Crippen LogP contribution in [0.1, 0.15) is 30.9 Å². The maximum absolute atomic E-state index is 15.3. The van der Waals surface area contributed by atoms with Gasteiger partial charge in [-0.1, -0.05) is 0 Å². The molecule has 146 valence electrons. The van der Waals surface area contributed by atoms with E-state index in [1.54, 1.807) is 0 Å². The zero-order chi connectivity index (χ0) is 19.2. The number of rotatable bonds is 1. The number of nitrogens with one attached hydrogen (secondary N) is 1. The number of halogens is 1. The number of ether oxygens (including phenoxy) is 1. The zero-order valence-corrected chi connectivity index (χ0v) is 15.9. The number of hydrogen-bond acceptors (Lipinski definition) is 6. The quantitative estimate of drug-likeness (QED) is 0.648. The van der Waals surface area contributed by atoms with E-state index in [0.717, 1.165) is 19.3 Å². The van der Waals surface area contributed by atoms with Crippen LogP contribution < -0.4 is 21.6 Å². The Hall–Kier alpha value is -2.23. The van der Waals surface area contributed by atoms with Crippen molar-refractivity contribution in [2.75, 3.05) is 18.1 Å². The van der Waals surface area contributed by atoms with E-state index < -0.39 is 16.8 Å². The Morgan fingerprint density at radius 2 is 2.11 bits per heavy atom. The summed E-state index contributed by atoms with van der Waals surface area (Å²) in [6.07, 6.45) is 2.73. The molecule has 3 aromatic rings. The van der Waals surface area contributed by atoms with Gasteiger partial charge >= 0.3 is 0 Å². The molecule has 1 saturated carbocycles. The Morgan fingerprint density at radius 3 is 2.89 bits per heavy atom. The lowest BCUT2D eigenvalue weighted by Gasteiger charge is -2.28. The zero-order valence-electron chi connectivity index (χ0n) is 15.0. The minimum absolute atomic E-state index is 0.0657. The molecule has 6 rings (SSSR count). The van der Waals surface area contributed by atoms with E-state index in [1.165, 1.54) is 17.6 Å². The molecule has 1 saturated heterocycles. The molecular formula is C19H19FN4O3S. The van der Waals surface area contributed by atoms with Crippen LogP contribution in [0.15, 0.2) is 15.7 Å². The number of pyridine rings is 1. The third-order valence-electron chi connectivity index (χ3n) is 6.27. The summed E-state index contributed by atoms with van der Waals surface area (Å²) in [6, 6.07) is 1.38. The molecular weight excluding hydrogens is 383 g/mol. The van der Waals surface area contributed by atoms with Gasteiger partial charge in [-0.25, -0.2) is 4.39 Å². The van der Waals surface area contributed by atoms with Gasteiger partial charge in [-0.15, -0.1) is 0 Å². The van der Waals surface area contributed by atoms with Gasteiger partial charge in [0.2, 0.25) is 5.43 Å². The molecule has 0 bridgehead atoms. The van der Waals surface area contributed by atoms with Gasteiger partial charge in [0.15, 0.2) is 0 Å². The molecule has 0 unspecified atom stereocenters. The highest BCUT2D eigenvalue weighted by atomic mass is 32.1. The highest BCUT2D eigenvalue weighted by Crippen LogP contribution is 2.44. The number of fused-ring (bicyclic) bond motifs is 6. The molecule has 9 heteroatoms. The van der Waals surface area contributed by atoms with E-state index in [1.807, 2.05) is 4.90 Å². The first-order valence-electron chi connectivity index (χ1n) is 9.57. The normalized spacial score (nSPS) is 24.6. The molecule has 1 aromatic carbocycles. The number of nitrogens with two attached hydrogens (primary N) is 1. The first kappa shape index (κ1) is 16.7. The van der Waals surface area contributed by atoms with Crippen LogP contribution in [-0.2, 0) is 11.3 Å². The van der Waals surface area contributed by atoms with Crippen molar-refractivity contribution < 1.29 is 9.13 Å². The van der Waals surface area contributed by atoms with Gasteiger partial charge in [-0.05, 0) is 36.9 Å². The molecule has 3 aliphatic rings. The predicted molar refractivity (Wildman–Crippen MR) is 106 cm³/mol. The Bertz CT molecular complexity index is 1260. The smallest absolute Gasteiger partial charge is 0.271 e. The van der Waals surface area contributed by atoms with E-state index in [0.29, 0.717) is 34.7 Å². The maximum Gasteiger partial charge on any atom is 0.271 e. The molecule has 3 N–H and O–H groups in total. The van der Waals surface area contributed by atoms with Crippen molar-refractivity contribution in [1.29, 1.82) is 0 Å². The van der Waals surface area contributed by atoms with Gasteiger partial charge in [0.05, 0.1) is 35.8 Å². The van der Waals surface area contributed by atoms with Crippen molar-refractivity contribution in [1.82, 2.24) is 8.94 Å². The van der Waals surface area contributed by atoms with Gasteiger partial charge in [-0.2, -0.15) is 0 Å². The van der Waals surface area contributed by atoms with E-state index in [4.69, 9.17) is 10.5 Å². The molecule has 0 spiro atoms. The Kier molecular flexibility index (Phi) is 3.37. The number of nitrogens with zero attached hydrogens (tertiary/aromatic N) is 2. The van der Waals surface area contributed by atoms with Crippen molar-refractivity contribution in [3.63, 3.8) is 0 Å². The Labute approximate surface area is 162 Å². The van der Waals surface area contributed by atoms with Gasteiger partial charge in [0, 0.05) is 24.2 Å². The highest BCUT2D eigenvalue weighted by molar-refractivity contribution is 7.12. The lowest BCUT2D eigenvalue weighted by atomic mass is 10.0. The Balaban J connectivity index is 1.78. The fourth-order valence-corrected chi connectivity index (χ4v) is 5.73. The summed E-state index contributed by atoms with van der Waals surface area (Å²) in [5.74, 6) is -0.447. The summed E-state index contributed by atoms with van der Waals surface area (Å²) in [7, 11) is 0. The van der Waals surface area contributed by atoms with Crippen molar-refractivity contribution in [3.05, 3.63) is 38.0 Å². The predicted octanol–water partition coefficient (Wildman–Crippen LogP) is 1.81. The van der Waals surface area contributed by atoms with Crippen LogP contribution >= 0.6 is 11.5 Å². The first-order chi connectivity index (χ1) is 13.6. The fourth-order valence-electron chi connectivity index (χ4n) is 4.81. The molecule has 2 aliphatic heterocycles. The minimum Gasteiger partial charge on any atom is -0.374 e. The third kappa shape index (κ3) is 2.09. The van der Waals surface area contributed by atoms with Crippen LogP contribution in [0.3, 0.4) is 0 Å². The second-order valence-corrected chi connectivity index (χ2v) is 8.75. The van der Waals surface area contributed by atoms with E-state index in [-0.39, 0.29) is 35.5 Å². The topological polar surface area (TPSA) is 93.4 Å². The summed E-state index contributed by atoms with van der Waals surface area (Å²) < 4.78 is 26.0. The van der Waals surface area contributed by atoms with Gasteiger partial charge in [0.1, 0.15) is 16.0 Å². The van der Waals surface area contributed by atoms with E-state index in [2.05, 4.69) is 8.94 Å². The summed E-state index contributed by atoms with van der Waals surface area (Å²) in [5, 5.41) is 0.379. The molecule has 4 heterocycles. The molecule has 2 atom stereocenters. The summed E-state index contributed by atoms with van der Waals surface area (Å²) in [5.41, 5.74) is 7.31. The van der Waals surface area contributed by atoms with Crippen molar-refractivity contribution in [2.45, 2.75) is 44.0 Å². The molecule has 0 amide bonds. The highest BCUT2D eigenvalue weighted by Gasteiger charge is 2.39. The number of aromatic nitrogens is 2. The average molecular weight is 402 g/mol. The molecule has 28 heavy (non-hydrogen) atoms. The van der Waals surface area contributed by atoms with E-state index >= 15 is 4.39 Å². The molecule has 1 aliphatic carbocycles. The van der Waals surface area contributed by atoms with E-state index in [9.17, 15) is 9.59 Å². The number of anilines is 1. The standard InChI is InChI=1S/C19H19FN4O3S/c20-11-5-9-15(10-6-27-7-13-12(21)3-4-23(13)16(10)11)24(8-1-2-8)19-14(17(9)25)18(26)22-28-19/h5,8,12-13H,1-4,6-7,21H2,(H,22,26)/t12-,13-/m1/s1. The largest absolute Gasteiger partial charge is 0.374 e. The van der Waals surface area contributed by atoms with Crippen molar-refractivity contribution in [2.24, 2.45) is 5.73 Å². The van der Waals surface area contributed by atoms with Crippen LogP contribution in [0.2, 0.25) is 0 Å². The van der Waals surface area contributed by atoms with Crippen LogP contribution in [0.4, 0.5) is 10.1 Å². The van der Waals surface area contributed by atoms with Crippen molar-refractivity contribution >= 4 is 38.3 Å². The first-order valence-corrected chi connectivity index (χ1v) is 10.4. The second kappa shape index (κ2) is 5.65. The fraction of sp³-hybridized carbons (Fsp3) is 0.474. The van der Waals surface area contributed by atoms with Crippen LogP contribution in [0.25, 0.3) is 21.1 Å². The number of benzene rings is 1.